The van der Waals surface area contributed by atoms with Crippen molar-refractivity contribution in [1.82, 2.24) is 0 Å². The van der Waals surface area contributed by atoms with Gasteiger partial charge in [-0.2, -0.15) is 0 Å². The summed E-state index contributed by atoms with van der Waals surface area (Å²) in [6.45, 7) is 2.71. The average molecular weight is 212 g/mol. The third-order valence-electron chi connectivity index (χ3n) is 1.83. The van der Waals surface area contributed by atoms with Gasteiger partial charge in [-0.25, -0.2) is 4.39 Å². The minimum Gasteiger partial charge on any atom is -0.409 e. The molecule has 5 heteroatoms. The van der Waals surface area contributed by atoms with Crippen LogP contribution in [0.15, 0.2) is 23.4 Å². The van der Waals surface area contributed by atoms with E-state index in [1.54, 1.807) is 6.07 Å². The first-order valence-corrected chi connectivity index (χ1v) is 4.52. The smallest absolute Gasteiger partial charge is 0.170 e. The Balaban J connectivity index is 2.94. The van der Waals surface area contributed by atoms with Crippen LogP contribution in [-0.2, 0) is 11.3 Å². The normalized spacial score (nSPS) is 11.7. The van der Waals surface area contributed by atoms with Crippen LogP contribution >= 0.6 is 0 Å². The lowest BCUT2D eigenvalue weighted by molar-refractivity contribution is 0.134. The fourth-order valence-corrected chi connectivity index (χ4v) is 1.16. The number of nitrogens with two attached hydrogens (primary N) is 1. The molecule has 0 atom stereocenters. The number of rotatable bonds is 4. The minimum atomic E-state index is -0.436. The van der Waals surface area contributed by atoms with Crippen LogP contribution in [0.1, 0.15) is 18.1 Å². The zero-order valence-electron chi connectivity index (χ0n) is 8.40. The maximum atomic E-state index is 13.1. The summed E-state index contributed by atoms with van der Waals surface area (Å²) in [5.74, 6) is -0.555. The second kappa shape index (κ2) is 5.31. The second-order valence-electron chi connectivity index (χ2n) is 2.97. The van der Waals surface area contributed by atoms with Crippen molar-refractivity contribution in [2.24, 2.45) is 10.9 Å². The summed E-state index contributed by atoms with van der Waals surface area (Å²) in [5, 5.41) is 11.3. The van der Waals surface area contributed by atoms with Crippen LogP contribution in [0, 0.1) is 5.82 Å². The van der Waals surface area contributed by atoms with Crippen molar-refractivity contribution in [2.75, 3.05) is 6.61 Å². The third-order valence-corrected chi connectivity index (χ3v) is 1.83. The molecule has 0 amide bonds. The molecule has 0 saturated heterocycles. The molecule has 0 unspecified atom stereocenters. The third kappa shape index (κ3) is 3.21. The fourth-order valence-electron chi connectivity index (χ4n) is 1.16. The molecular weight excluding hydrogens is 199 g/mol. The highest BCUT2D eigenvalue weighted by Gasteiger charge is 2.04. The molecule has 0 radical (unpaired) electrons. The standard InChI is InChI=1S/C10H13FN2O2/c1-2-15-6-7-3-8(10(12)13-14)5-9(11)4-7/h3-5,14H,2,6H2,1H3,(H2,12,13). The molecule has 1 aromatic carbocycles. The van der Waals surface area contributed by atoms with Gasteiger partial charge in [0.25, 0.3) is 0 Å². The average Bonchev–Trinajstić information content (AvgIpc) is 2.24. The summed E-state index contributed by atoms with van der Waals surface area (Å²) in [7, 11) is 0. The number of ether oxygens (including phenoxy) is 1. The maximum Gasteiger partial charge on any atom is 0.170 e. The van der Waals surface area contributed by atoms with Gasteiger partial charge in [0.1, 0.15) is 5.82 Å². The zero-order valence-corrected chi connectivity index (χ0v) is 8.40. The maximum absolute atomic E-state index is 13.1. The molecule has 0 bridgehead atoms. The molecule has 0 heterocycles. The first-order chi connectivity index (χ1) is 7.17. The summed E-state index contributed by atoms with van der Waals surface area (Å²) >= 11 is 0. The van der Waals surface area contributed by atoms with E-state index in [1.807, 2.05) is 6.92 Å². The van der Waals surface area contributed by atoms with Gasteiger partial charge < -0.3 is 15.7 Å². The van der Waals surface area contributed by atoms with Crippen molar-refractivity contribution in [3.8, 4) is 0 Å². The number of benzene rings is 1. The number of halogens is 1. The minimum absolute atomic E-state index is 0.118. The number of oxime groups is 1. The molecule has 0 spiro atoms. The lowest BCUT2D eigenvalue weighted by atomic mass is 10.1. The Bertz CT molecular complexity index is 366. The fraction of sp³-hybridized carbons (Fsp3) is 0.300. The Morgan fingerprint density at radius 1 is 1.53 bits per heavy atom. The van der Waals surface area contributed by atoms with Crippen molar-refractivity contribution in [1.29, 1.82) is 0 Å². The van der Waals surface area contributed by atoms with Crippen molar-refractivity contribution in [2.45, 2.75) is 13.5 Å². The lowest BCUT2D eigenvalue weighted by Crippen LogP contribution is -2.13. The lowest BCUT2D eigenvalue weighted by Gasteiger charge is -2.05. The molecule has 0 aliphatic carbocycles. The van der Waals surface area contributed by atoms with Gasteiger partial charge in [0.2, 0.25) is 0 Å². The highest BCUT2D eigenvalue weighted by Crippen LogP contribution is 2.10. The zero-order chi connectivity index (χ0) is 11.3. The molecule has 0 aliphatic heterocycles. The molecule has 1 aromatic rings. The first-order valence-electron chi connectivity index (χ1n) is 4.52. The topological polar surface area (TPSA) is 67.8 Å². The molecule has 0 saturated carbocycles. The van der Waals surface area contributed by atoms with E-state index in [1.165, 1.54) is 12.1 Å². The highest BCUT2D eigenvalue weighted by atomic mass is 19.1. The van der Waals surface area contributed by atoms with Crippen molar-refractivity contribution < 1.29 is 14.3 Å². The van der Waals surface area contributed by atoms with Crippen LogP contribution in [0.5, 0.6) is 0 Å². The number of amidine groups is 1. The van der Waals surface area contributed by atoms with Crippen LogP contribution in [0.3, 0.4) is 0 Å². The number of hydrogen-bond acceptors (Lipinski definition) is 3. The van der Waals surface area contributed by atoms with Crippen LogP contribution in [-0.4, -0.2) is 17.6 Å². The Hall–Kier alpha value is -1.62. The predicted octanol–water partition coefficient (Wildman–Crippen LogP) is 1.46. The van der Waals surface area contributed by atoms with Gasteiger partial charge in [-0.1, -0.05) is 5.16 Å². The van der Waals surface area contributed by atoms with E-state index >= 15 is 0 Å². The van der Waals surface area contributed by atoms with E-state index in [0.29, 0.717) is 24.3 Å². The first kappa shape index (κ1) is 11.5. The highest BCUT2D eigenvalue weighted by molar-refractivity contribution is 5.97. The number of nitrogens with zero attached hydrogens (tertiary/aromatic N) is 1. The van der Waals surface area contributed by atoms with Crippen LogP contribution < -0.4 is 5.73 Å². The molecule has 82 valence electrons. The molecule has 0 fully saturated rings. The van der Waals surface area contributed by atoms with Crippen LogP contribution in [0.4, 0.5) is 4.39 Å². The largest absolute Gasteiger partial charge is 0.409 e. The van der Waals surface area contributed by atoms with Crippen molar-refractivity contribution in [3.05, 3.63) is 35.1 Å². The van der Waals surface area contributed by atoms with Gasteiger partial charge in [-0.05, 0) is 30.7 Å². The Kier molecular flexibility index (Phi) is 4.05. The van der Waals surface area contributed by atoms with E-state index in [9.17, 15) is 4.39 Å². The Morgan fingerprint density at radius 2 is 2.27 bits per heavy atom. The monoisotopic (exact) mass is 212 g/mol. The summed E-state index contributed by atoms with van der Waals surface area (Å²) in [6, 6.07) is 4.17. The Labute approximate surface area is 87.2 Å². The Morgan fingerprint density at radius 3 is 2.87 bits per heavy atom. The van der Waals surface area contributed by atoms with Crippen molar-refractivity contribution in [3.63, 3.8) is 0 Å². The summed E-state index contributed by atoms with van der Waals surface area (Å²) in [4.78, 5) is 0. The molecule has 15 heavy (non-hydrogen) atoms. The quantitative estimate of drug-likeness (QED) is 0.343. The van der Waals surface area contributed by atoms with E-state index in [-0.39, 0.29) is 5.84 Å². The van der Waals surface area contributed by atoms with Crippen LogP contribution in [0.25, 0.3) is 0 Å². The van der Waals surface area contributed by atoms with Gasteiger partial charge >= 0.3 is 0 Å². The molecular formula is C10H13FN2O2. The molecule has 3 N–H and O–H groups in total. The van der Waals surface area contributed by atoms with Crippen LogP contribution in [0.2, 0.25) is 0 Å². The molecule has 4 nitrogen and oxygen atoms in total. The second-order valence-corrected chi connectivity index (χ2v) is 2.97. The predicted molar refractivity (Wildman–Crippen MR) is 54.2 cm³/mol. The van der Waals surface area contributed by atoms with E-state index < -0.39 is 5.82 Å². The molecule has 0 aliphatic rings. The summed E-state index contributed by atoms with van der Waals surface area (Å²) in [6.07, 6.45) is 0. The van der Waals surface area contributed by atoms with E-state index in [2.05, 4.69) is 5.16 Å². The van der Waals surface area contributed by atoms with Gasteiger partial charge in [-0.3, -0.25) is 0 Å². The van der Waals surface area contributed by atoms with Gasteiger partial charge in [0.05, 0.1) is 6.61 Å². The number of hydrogen-bond donors (Lipinski definition) is 2. The van der Waals surface area contributed by atoms with Gasteiger partial charge in [0.15, 0.2) is 5.84 Å². The van der Waals surface area contributed by atoms with Gasteiger partial charge in [0, 0.05) is 12.2 Å². The molecule has 0 aromatic heterocycles. The molecule has 1 rings (SSSR count). The van der Waals surface area contributed by atoms with E-state index in [0.717, 1.165) is 0 Å². The summed E-state index contributed by atoms with van der Waals surface area (Å²) in [5.41, 5.74) is 6.34. The summed E-state index contributed by atoms with van der Waals surface area (Å²) < 4.78 is 18.2. The van der Waals surface area contributed by atoms with Gasteiger partial charge in [-0.15, -0.1) is 0 Å². The SMILES string of the molecule is CCOCc1cc(F)cc(/C(N)=N/O)c1. The van der Waals surface area contributed by atoms with E-state index in [4.69, 9.17) is 15.7 Å². The van der Waals surface area contributed by atoms with Crippen molar-refractivity contribution >= 4 is 5.84 Å².